The standard InChI is InChI=1S/C31H38ClN3O6S/c1-6-22(3)33-31(37)27(7-2)34(20-23-13-11-12-16-26(23)32)30(36)21-35(24-14-9-8-10-15-24)42(38,39)25-17-18-28(40-4)29(19-25)41-5/h8-19,22,27H,6-7,20-21H2,1-5H3,(H,33,37). The summed E-state index contributed by atoms with van der Waals surface area (Å²) in [6.45, 7) is 5.11. The molecule has 2 atom stereocenters. The molecule has 0 aliphatic heterocycles. The van der Waals surface area contributed by atoms with Gasteiger partial charge < -0.3 is 19.7 Å². The number of hydrogen-bond acceptors (Lipinski definition) is 6. The lowest BCUT2D eigenvalue weighted by Gasteiger charge is -2.34. The summed E-state index contributed by atoms with van der Waals surface area (Å²) >= 11 is 6.45. The molecule has 0 spiro atoms. The summed E-state index contributed by atoms with van der Waals surface area (Å²) in [5.74, 6) is -0.288. The van der Waals surface area contributed by atoms with Crippen molar-refractivity contribution in [1.82, 2.24) is 10.2 Å². The monoisotopic (exact) mass is 615 g/mol. The molecular formula is C31H38ClN3O6S. The Kier molecular flexibility index (Phi) is 11.6. The van der Waals surface area contributed by atoms with Gasteiger partial charge in [-0.15, -0.1) is 0 Å². The van der Waals surface area contributed by atoms with E-state index in [2.05, 4.69) is 5.32 Å². The molecule has 11 heteroatoms. The molecule has 1 N–H and O–H groups in total. The number of nitrogens with one attached hydrogen (secondary N) is 1. The van der Waals surface area contributed by atoms with Gasteiger partial charge in [0.15, 0.2) is 11.5 Å². The molecule has 226 valence electrons. The van der Waals surface area contributed by atoms with Crippen molar-refractivity contribution in [2.75, 3.05) is 25.1 Å². The first-order valence-corrected chi connectivity index (χ1v) is 15.5. The lowest BCUT2D eigenvalue weighted by Crippen LogP contribution is -2.53. The Hall–Kier alpha value is -3.76. The highest BCUT2D eigenvalue weighted by molar-refractivity contribution is 7.92. The average molecular weight is 616 g/mol. The lowest BCUT2D eigenvalue weighted by molar-refractivity contribution is -0.140. The van der Waals surface area contributed by atoms with Crippen LogP contribution in [0.3, 0.4) is 0 Å². The summed E-state index contributed by atoms with van der Waals surface area (Å²) in [7, 11) is -1.41. The van der Waals surface area contributed by atoms with Crippen molar-refractivity contribution in [2.45, 2.75) is 57.1 Å². The van der Waals surface area contributed by atoms with E-state index in [9.17, 15) is 18.0 Å². The number of carbonyl (C=O) groups excluding carboxylic acids is 2. The normalized spacial score (nSPS) is 12.6. The number of nitrogens with zero attached hydrogens (tertiary/aromatic N) is 2. The summed E-state index contributed by atoms with van der Waals surface area (Å²) in [4.78, 5) is 28.8. The zero-order valence-electron chi connectivity index (χ0n) is 24.5. The molecule has 2 unspecified atom stereocenters. The summed E-state index contributed by atoms with van der Waals surface area (Å²) in [6.07, 6.45) is 1.03. The lowest BCUT2D eigenvalue weighted by atomic mass is 10.1. The minimum Gasteiger partial charge on any atom is -0.493 e. The number of hydrogen-bond donors (Lipinski definition) is 1. The molecule has 0 radical (unpaired) electrons. The second-order valence-corrected chi connectivity index (χ2v) is 12.0. The zero-order chi connectivity index (χ0) is 30.9. The van der Waals surface area contributed by atoms with Crippen LogP contribution < -0.4 is 19.1 Å². The number of amides is 2. The Morgan fingerprint density at radius 2 is 1.55 bits per heavy atom. The molecule has 0 saturated heterocycles. The molecule has 0 aliphatic carbocycles. The first-order valence-electron chi connectivity index (χ1n) is 13.7. The number of anilines is 1. The maximum Gasteiger partial charge on any atom is 0.264 e. The largest absolute Gasteiger partial charge is 0.493 e. The van der Waals surface area contributed by atoms with Crippen molar-refractivity contribution in [1.29, 1.82) is 0 Å². The van der Waals surface area contributed by atoms with Gasteiger partial charge in [0, 0.05) is 23.7 Å². The van der Waals surface area contributed by atoms with Crippen molar-refractivity contribution in [2.24, 2.45) is 0 Å². The van der Waals surface area contributed by atoms with Crippen LogP contribution >= 0.6 is 11.6 Å². The van der Waals surface area contributed by atoms with Crippen LogP contribution in [0.2, 0.25) is 5.02 Å². The number of carbonyl (C=O) groups is 2. The number of ether oxygens (including phenoxy) is 2. The number of rotatable bonds is 14. The van der Waals surface area contributed by atoms with Gasteiger partial charge in [-0.2, -0.15) is 0 Å². The van der Waals surface area contributed by atoms with Crippen molar-refractivity contribution in [3.8, 4) is 11.5 Å². The predicted octanol–water partition coefficient (Wildman–Crippen LogP) is 5.27. The predicted molar refractivity (Wildman–Crippen MR) is 164 cm³/mol. The average Bonchev–Trinajstić information content (AvgIpc) is 3.00. The van der Waals surface area contributed by atoms with Crippen LogP contribution in [0, 0.1) is 0 Å². The molecule has 3 aromatic rings. The van der Waals surface area contributed by atoms with E-state index in [0.29, 0.717) is 29.2 Å². The van der Waals surface area contributed by atoms with Gasteiger partial charge in [0.1, 0.15) is 12.6 Å². The van der Waals surface area contributed by atoms with E-state index in [0.717, 1.165) is 4.31 Å². The highest BCUT2D eigenvalue weighted by Gasteiger charge is 2.34. The molecule has 3 aromatic carbocycles. The number of para-hydroxylation sites is 1. The smallest absolute Gasteiger partial charge is 0.264 e. The summed E-state index contributed by atoms with van der Waals surface area (Å²) < 4.78 is 39.8. The SMILES string of the molecule is CCC(C)NC(=O)C(CC)N(Cc1ccccc1Cl)C(=O)CN(c1ccccc1)S(=O)(=O)c1ccc(OC)c(OC)c1. The van der Waals surface area contributed by atoms with Crippen LogP contribution in [0.15, 0.2) is 77.7 Å². The fourth-order valence-electron chi connectivity index (χ4n) is 4.40. The Bertz CT molecular complexity index is 1470. The molecule has 2 amide bonds. The Morgan fingerprint density at radius 3 is 2.14 bits per heavy atom. The van der Waals surface area contributed by atoms with Crippen LogP contribution in [0.25, 0.3) is 0 Å². The van der Waals surface area contributed by atoms with Crippen LogP contribution in [0.5, 0.6) is 11.5 Å². The molecule has 0 saturated carbocycles. The van der Waals surface area contributed by atoms with E-state index in [4.69, 9.17) is 21.1 Å². The number of sulfonamides is 1. The first kappa shape index (κ1) is 32.8. The third kappa shape index (κ3) is 7.74. The van der Waals surface area contributed by atoms with Crippen molar-refractivity contribution < 1.29 is 27.5 Å². The summed E-state index contributed by atoms with van der Waals surface area (Å²) in [6, 6.07) is 18.7. The van der Waals surface area contributed by atoms with Gasteiger partial charge in [0.2, 0.25) is 11.8 Å². The maximum atomic E-state index is 14.2. The second kappa shape index (κ2) is 14.9. The van der Waals surface area contributed by atoms with Crippen LogP contribution in [-0.2, 0) is 26.2 Å². The third-order valence-electron chi connectivity index (χ3n) is 6.95. The fourth-order valence-corrected chi connectivity index (χ4v) is 6.02. The van der Waals surface area contributed by atoms with Crippen LogP contribution in [-0.4, -0.2) is 58.0 Å². The fraction of sp³-hybridized carbons (Fsp3) is 0.355. The second-order valence-electron chi connectivity index (χ2n) is 9.72. The van der Waals surface area contributed by atoms with E-state index in [1.54, 1.807) is 54.6 Å². The van der Waals surface area contributed by atoms with E-state index in [1.807, 2.05) is 20.8 Å². The van der Waals surface area contributed by atoms with Gasteiger partial charge in [-0.1, -0.05) is 61.8 Å². The quantitative estimate of drug-likeness (QED) is 0.265. The zero-order valence-corrected chi connectivity index (χ0v) is 26.1. The van der Waals surface area contributed by atoms with Crippen molar-refractivity contribution in [3.63, 3.8) is 0 Å². The summed E-state index contributed by atoms with van der Waals surface area (Å²) in [5.41, 5.74) is 0.923. The molecule has 9 nitrogen and oxygen atoms in total. The minimum atomic E-state index is -4.27. The highest BCUT2D eigenvalue weighted by atomic mass is 35.5. The van der Waals surface area contributed by atoms with Crippen LogP contribution in [0.4, 0.5) is 5.69 Å². The molecule has 0 aromatic heterocycles. The maximum absolute atomic E-state index is 14.2. The Morgan fingerprint density at radius 1 is 0.905 bits per heavy atom. The van der Waals surface area contributed by atoms with Gasteiger partial charge >= 0.3 is 0 Å². The number of benzene rings is 3. The number of methoxy groups -OCH3 is 2. The topological polar surface area (TPSA) is 105 Å². The first-order chi connectivity index (χ1) is 20.1. The van der Waals surface area contributed by atoms with E-state index < -0.39 is 28.5 Å². The number of halogens is 1. The Labute approximate surface area is 253 Å². The molecule has 0 heterocycles. The molecule has 0 aliphatic rings. The molecule has 3 rings (SSSR count). The van der Waals surface area contributed by atoms with Gasteiger partial charge in [0.25, 0.3) is 10.0 Å². The van der Waals surface area contributed by atoms with E-state index >= 15 is 0 Å². The van der Waals surface area contributed by atoms with E-state index in [1.165, 1.54) is 37.3 Å². The molecular weight excluding hydrogens is 578 g/mol. The van der Waals surface area contributed by atoms with Crippen molar-refractivity contribution >= 4 is 39.1 Å². The van der Waals surface area contributed by atoms with E-state index in [-0.39, 0.29) is 34.8 Å². The third-order valence-corrected chi connectivity index (χ3v) is 9.09. The molecule has 0 fully saturated rings. The molecule has 0 bridgehead atoms. The van der Waals surface area contributed by atoms with Crippen molar-refractivity contribution in [3.05, 3.63) is 83.4 Å². The Balaban J connectivity index is 2.08. The summed E-state index contributed by atoms with van der Waals surface area (Å²) in [5, 5.41) is 3.39. The molecule has 42 heavy (non-hydrogen) atoms. The van der Waals surface area contributed by atoms with Gasteiger partial charge in [0.05, 0.1) is 24.8 Å². The highest BCUT2D eigenvalue weighted by Crippen LogP contribution is 2.32. The van der Waals surface area contributed by atoms with Crippen LogP contribution in [0.1, 0.15) is 39.2 Å². The van der Waals surface area contributed by atoms with Gasteiger partial charge in [-0.3, -0.25) is 13.9 Å². The minimum absolute atomic E-state index is 0.0178. The van der Waals surface area contributed by atoms with Gasteiger partial charge in [-0.05, 0) is 55.7 Å². The van der Waals surface area contributed by atoms with Gasteiger partial charge in [-0.25, -0.2) is 8.42 Å².